The molecule has 0 amide bonds. The summed E-state index contributed by atoms with van der Waals surface area (Å²) in [6.45, 7) is 4.28. The van der Waals surface area contributed by atoms with E-state index in [9.17, 15) is 18.0 Å². The fourth-order valence-electron chi connectivity index (χ4n) is 2.23. The van der Waals surface area contributed by atoms with Crippen LogP contribution in [0.5, 0.6) is 0 Å². The van der Waals surface area contributed by atoms with Crippen molar-refractivity contribution in [3.8, 4) is 0 Å². The summed E-state index contributed by atoms with van der Waals surface area (Å²) in [5.74, 6) is -1.59. The number of carbonyl (C=O) groups excluding carboxylic acids is 2. The second-order valence-electron chi connectivity index (χ2n) is 5.69. The third kappa shape index (κ3) is 5.55. The molecule has 0 bridgehead atoms. The van der Waals surface area contributed by atoms with E-state index in [0.717, 1.165) is 25.3 Å². The summed E-state index contributed by atoms with van der Waals surface area (Å²) >= 11 is 0. The molecule has 0 aromatic heterocycles. The third-order valence-electron chi connectivity index (χ3n) is 3.41. The maximum Gasteiger partial charge on any atom is 0.298 e. The van der Waals surface area contributed by atoms with Crippen molar-refractivity contribution < 1.29 is 22.6 Å². The molecule has 6 heteroatoms. The van der Waals surface area contributed by atoms with Crippen molar-refractivity contribution in [3.05, 3.63) is 23.1 Å². The average molecular weight is 314 g/mol. The number of hydrogen-bond acceptors (Lipinski definition) is 4. The van der Waals surface area contributed by atoms with E-state index in [1.807, 2.05) is 0 Å². The van der Waals surface area contributed by atoms with Gasteiger partial charge in [0.25, 0.3) is 10.1 Å². The van der Waals surface area contributed by atoms with E-state index in [1.165, 1.54) is 12.2 Å². The molecular formula is C15H22O5S. The van der Waals surface area contributed by atoms with Gasteiger partial charge in [-0.2, -0.15) is 8.42 Å². The Morgan fingerprint density at radius 2 is 1.95 bits per heavy atom. The summed E-state index contributed by atoms with van der Waals surface area (Å²) in [7, 11) is -4.57. The lowest BCUT2D eigenvalue weighted by molar-refractivity contribution is -0.128. The van der Waals surface area contributed by atoms with Gasteiger partial charge in [0.2, 0.25) is 0 Å². The monoisotopic (exact) mass is 314 g/mol. The summed E-state index contributed by atoms with van der Waals surface area (Å²) < 4.78 is 31.0. The van der Waals surface area contributed by atoms with Crippen LogP contribution in [-0.4, -0.2) is 24.5 Å². The van der Waals surface area contributed by atoms with Gasteiger partial charge in [-0.05, 0) is 18.4 Å². The number of ketones is 2. The molecule has 1 N–H and O–H groups in total. The van der Waals surface area contributed by atoms with Crippen molar-refractivity contribution in [2.45, 2.75) is 46.0 Å². The van der Waals surface area contributed by atoms with E-state index in [-0.39, 0.29) is 12.2 Å². The zero-order valence-corrected chi connectivity index (χ0v) is 13.2. The molecule has 0 spiro atoms. The van der Waals surface area contributed by atoms with Crippen molar-refractivity contribution in [1.82, 2.24) is 0 Å². The summed E-state index contributed by atoms with van der Waals surface area (Å²) in [6, 6.07) is 0. The van der Waals surface area contributed by atoms with Gasteiger partial charge in [-0.25, -0.2) is 0 Å². The smallest absolute Gasteiger partial charge is 0.298 e. The molecule has 1 aliphatic carbocycles. The summed E-state index contributed by atoms with van der Waals surface area (Å²) in [5.41, 5.74) is 0. The number of Topliss-reactive ketones (excluding diaryl/α,β-unsaturated/α-hetero) is 2. The van der Waals surface area contributed by atoms with Gasteiger partial charge in [0, 0.05) is 6.42 Å². The molecule has 21 heavy (non-hydrogen) atoms. The molecule has 0 radical (unpaired) electrons. The molecule has 0 aromatic rings. The van der Waals surface area contributed by atoms with Crippen molar-refractivity contribution in [3.63, 3.8) is 0 Å². The van der Waals surface area contributed by atoms with Crippen molar-refractivity contribution in [2.24, 2.45) is 11.8 Å². The second-order valence-corrected chi connectivity index (χ2v) is 7.08. The molecule has 0 saturated heterocycles. The fourth-order valence-corrected chi connectivity index (χ4v) is 2.86. The van der Waals surface area contributed by atoms with Crippen LogP contribution in [0, 0.1) is 11.8 Å². The normalized spacial score (nSPS) is 19.0. The van der Waals surface area contributed by atoms with E-state index < -0.39 is 26.7 Å². The molecule has 0 saturated carbocycles. The van der Waals surface area contributed by atoms with Crippen LogP contribution in [0.2, 0.25) is 0 Å². The van der Waals surface area contributed by atoms with Crippen molar-refractivity contribution >= 4 is 21.7 Å². The number of carbonyl (C=O) groups is 2. The first-order valence-electron chi connectivity index (χ1n) is 7.16. The molecule has 1 unspecified atom stereocenters. The summed E-state index contributed by atoms with van der Waals surface area (Å²) in [5, 5.41) is 0. The van der Waals surface area contributed by atoms with Crippen molar-refractivity contribution in [1.29, 1.82) is 0 Å². The SMILES string of the molecule is CC(C)CCCCCC(=O)C1C=CC=C(S(=O)(=O)O)C1=O. The molecule has 1 aliphatic rings. The number of unbranched alkanes of at least 4 members (excludes halogenated alkanes) is 2. The van der Waals surface area contributed by atoms with E-state index in [1.54, 1.807) is 0 Å². The quantitative estimate of drug-likeness (QED) is 0.423. The van der Waals surface area contributed by atoms with Gasteiger partial charge in [0.1, 0.15) is 16.6 Å². The standard InChI is InChI=1S/C15H22O5S/c1-11(2)7-4-3-5-9-13(16)12-8-6-10-14(15(12)17)21(18,19)20/h6,8,10-12H,3-5,7,9H2,1-2H3,(H,18,19,20). The van der Waals surface area contributed by atoms with Gasteiger partial charge < -0.3 is 0 Å². The minimum Gasteiger partial charge on any atom is -0.299 e. The molecule has 1 rings (SSSR count). The van der Waals surface area contributed by atoms with E-state index in [0.29, 0.717) is 12.3 Å². The minimum absolute atomic E-state index is 0.248. The lowest BCUT2D eigenvalue weighted by Crippen LogP contribution is -2.28. The Morgan fingerprint density at radius 1 is 1.29 bits per heavy atom. The molecule has 0 aromatic carbocycles. The van der Waals surface area contributed by atoms with Crippen molar-refractivity contribution in [2.75, 3.05) is 0 Å². The lowest BCUT2D eigenvalue weighted by atomic mass is 9.91. The highest BCUT2D eigenvalue weighted by Gasteiger charge is 2.33. The molecule has 5 nitrogen and oxygen atoms in total. The Bertz CT molecular complexity index is 555. The zero-order chi connectivity index (χ0) is 16.0. The topological polar surface area (TPSA) is 88.5 Å². The summed E-state index contributed by atoms with van der Waals surface area (Å²) in [6.07, 6.45) is 7.71. The maximum absolute atomic E-state index is 12.0. The molecule has 0 fully saturated rings. The van der Waals surface area contributed by atoms with Crippen LogP contribution < -0.4 is 0 Å². The number of hydrogen-bond donors (Lipinski definition) is 1. The third-order valence-corrected chi connectivity index (χ3v) is 4.30. The van der Waals surface area contributed by atoms with E-state index in [4.69, 9.17) is 4.55 Å². The van der Waals surface area contributed by atoms with Crippen LogP contribution in [0.3, 0.4) is 0 Å². The molecule has 118 valence electrons. The van der Waals surface area contributed by atoms with Gasteiger partial charge in [0.15, 0.2) is 5.78 Å². The predicted molar refractivity (Wildman–Crippen MR) is 80.2 cm³/mol. The first-order chi connectivity index (χ1) is 9.73. The first-order valence-corrected chi connectivity index (χ1v) is 8.60. The van der Waals surface area contributed by atoms with E-state index >= 15 is 0 Å². The van der Waals surface area contributed by atoms with Gasteiger partial charge in [-0.15, -0.1) is 0 Å². The fraction of sp³-hybridized carbons (Fsp3) is 0.600. The summed E-state index contributed by atoms with van der Waals surface area (Å²) in [4.78, 5) is 23.2. The van der Waals surface area contributed by atoms with E-state index in [2.05, 4.69) is 13.8 Å². The Kier molecular flexibility index (Phi) is 6.48. The van der Waals surface area contributed by atoms with Gasteiger partial charge in [-0.3, -0.25) is 14.1 Å². The highest BCUT2D eigenvalue weighted by atomic mass is 32.2. The Labute approximate surface area is 125 Å². The predicted octanol–water partition coefficient (Wildman–Crippen LogP) is 2.69. The largest absolute Gasteiger partial charge is 0.299 e. The number of rotatable bonds is 8. The molecule has 0 aliphatic heterocycles. The lowest BCUT2D eigenvalue weighted by Gasteiger charge is -2.14. The molecule has 1 atom stereocenters. The van der Waals surface area contributed by atoms with Gasteiger partial charge in [-0.1, -0.05) is 45.3 Å². The Hall–Kier alpha value is -1.27. The van der Waals surface area contributed by atoms with Crippen LogP contribution in [0.4, 0.5) is 0 Å². The minimum atomic E-state index is -4.57. The first kappa shape index (κ1) is 17.8. The Morgan fingerprint density at radius 3 is 2.52 bits per heavy atom. The maximum atomic E-state index is 12.0. The molecule has 0 heterocycles. The van der Waals surface area contributed by atoms with Gasteiger partial charge >= 0.3 is 0 Å². The highest BCUT2D eigenvalue weighted by Crippen LogP contribution is 2.21. The van der Waals surface area contributed by atoms with Crippen LogP contribution in [0.25, 0.3) is 0 Å². The van der Waals surface area contributed by atoms with Gasteiger partial charge in [0.05, 0.1) is 0 Å². The van der Waals surface area contributed by atoms with Crippen LogP contribution >= 0.6 is 0 Å². The zero-order valence-electron chi connectivity index (χ0n) is 12.4. The number of allylic oxidation sites excluding steroid dienone is 4. The highest BCUT2D eigenvalue weighted by molar-refractivity contribution is 7.90. The second kappa shape index (κ2) is 7.66. The molecular weight excluding hydrogens is 292 g/mol. The van der Waals surface area contributed by atoms with Crippen LogP contribution in [-0.2, 0) is 19.7 Å². The average Bonchev–Trinajstić information content (AvgIpc) is 2.36. The Balaban J connectivity index is 2.51. The van der Waals surface area contributed by atoms with Crippen LogP contribution in [0.1, 0.15) is 46.0 Å². The van der Waals surface area contributed by atoms with Crippen LogP contribution in [0.15, 0.2) is 23.1 Å².